The Balaban J connectivity index is 1.58. The molecule has 1 saturated heterocycles. The Labute approximate surface area is 171 Å². The molecule has 2 saturated carbocycles. The Hall–Kier alpha value is -1.10. The highest BCUT2D eigenvalue weighted by Gasteiger charge is 2.32. The standard InChI is InChI=1S/C23H42N4O/c1-26(23(24)25)22(28)20(13-12-18-8-3-2-4-9-18)16-19-10-7-11-21(17-19)27-14-5-6-15-27/h18-21H,2-17H2,1H3,(H3,24,25)/t19-,20-,21+/m0/s1. The predicted molar refractivity (Wildman–Crippen MR) is 115 cm³/mol. The molecule has 3 fully saturated rings. The number of nitrogens with two attached hydrogens (primary N) is 1. The number of amides is 1. The lowest BCUT2D eigenvalue weighted by atomic mass is 9.77. The van der Waals surface area contributed by atoms with E-state index in [2.05, 4.69) is 4.90 Å². The summed E-state index contributed by atoms with van der Waals surface area (Å²) in [7, 11) is 1.67. The van der Waals surface area contributed by atoms with Gasteiger partial charge >= 0.3 is 0 Å². The number of likely N-dealkylation sites (tertiary alicyclic amines) is 1. The van der Waals surface area contributed by atoms with Gasteiger partial charge in [-0.1, -0.05) is 44.9 Å². The predicted octanol–water partition coefficient (Wildman–Crippen LogP) is 4.36. The van der Waals surface area contributed by atoms with Crippen LogP contribution in [0.3, 0.4) is 0 Å². The number of nitrogens with zero attached hydrogens (tertiary/aromatic N) is 2. The normalized spacial score (nSPS) is 28.2. The van der Waals surface area contributed by atoms with Crippen LogP contribution >= 0.6 is 0 Å². The van der Waals surface area contributed by atoms with Crippen LogP contribution in [0.2, 0.25) is 0 Å². The largest absolute Gasteiger partial charge is 0.370 e. The fraction of sp³-hybridized carbons (Fsp3) is 0.913. The highest BCUT2D eigenvalue weighted by atomic mass is 16.2. The van der Waals surface area contributed by atoms with Gasteiger partial charge in [0, 0.05) is 19.0 Å². The van der Waals surface area contributed by atoms with E-state index in [0.717, 1.165) is 24.8 Å². The van der Waals surface area contributed by atoms with E-state index in [1.807, 2.05) is 0 Å². The van der Waals surface area contributed by atoms with E-state index in [1.54, 1.807) is 7.05 Å². The quantitative estimate of drug-likeness (QED) is 0.501. The van der Waals surface area contributed by atoms with Gasteiger partial charge in [-0.25, -0.2) is 0 Å². The molecule has 160 valence electrons. The van der Waals surface area contributed by atoms with Crippen LogP contribution in [0.5, 0.6) is 0 Å². The lowest BCUT2D eigenvalue weighted by molar-refractivity contribution is -0.131. The minimum atomic E-state index is -0.119. The Morgan fingerprint density at radius 3 is 2.39 bits per heavy atom. The number of carbonyl (C=O) groups excluding carboxylic acids is 1. The van der Waals surface area contributed by atoms with Gasteiger partial charge in [0.05, 0.1) is 0 Å². The van der Waals surface area contributed by atoms with Gasteiger partial charge in [-0.15, -0.1) is 0 Å². The fourth-order valence-corrected chi connectivity index (χ4v) is 5.96. The second-order valence-electron chi connectivity index (χ2n) is 9.73. The van der Waals surface area contributed by atoms with Crippen molar-refractivity contribution in [2.45, 2.75) is 95.9 Å². The number of hydrogen-bond donors (Lipinski definition) is 2. The molecule has 0 spiro atoms. The Morgan fingerprint density at radius 1 is 1.04 bits per heavy atom. The van der Waals surface area contributed by atoms with Crippen LogP contribution in [0.25, 0.3) is 0 Å². The summed E-state index contributed by atoms with van der Waals surface area (Å²) >= 11 is 0. The summed E-state index contributed by atoms with van der Waals surface area (Å²) in [6.45, 7) is 2.54. The topological polar surface area (TPSA) is 73.4 Å². The molecule has 0 aromatic heterocycles. The molecule has 1 heterocycles. The van der Waals surface area contributed by atoms with E-state index in [1.165, 1.54) is 95.0 Å². The van der Waals surface area contributed by atoms with Crippen molar-refractivity contribution in [2.75, 3.05) is 20.1 Å². The number of hydrogen-bond acceptors (Lipinski definition) is 3. The van der Waals surface area contributed by atoms with Crippen molar-refractivity contribution >= 4 is 11.9 Å². The second kappa shape index (κ2) is 10.6. The summed E-state index contributed by atoms with van der Waals surface area (Å²) in [5.74, 6) is 1.45. The molecule has 1 amide bonds. The molecule has 0 aromatic carbocycles. The maximum Gasteiger partial charge on any atom is 0.232 e. The third-order valence-electron chi connectivity index (χ3n) is 7.72. The summed E-state index contributed by atoms with van der Waals surface area (Å²) in [5, 5.41) is 7.69. The third kappa shape index (κ3) is 5.95. The average Bonchev–Trinajstić information content (AvgIpc) is 3.26. The molecule has 0 bridgehead atoms. The number of nitrogens with one attached hydrogen (secondary N) is 1. The van der Waals surface area contributed by atoms with Crippen molar-refractivity contribution in [1.82, 2.24) is 9.80 Å². The number of rotatable bonds is 7. The van der Waals surface area contributed by atoms with Crippen molar-refractivity contribution in [3.63, 3.8) is 0 Å². The molecule has 2 aliphatic carbocycles. The van der Waals surface area contributed by atoms with E-state index in [-0.39, 0.29) is 17.8 Å². The van der Waals surface area contributed by atoms with Gasteiger partial charge in [-0.05, 0) is 69.9 Å². The zero-order valence-corrected chi connectivity index (χ0v) is 18.0. The van der Waals surface area contributed by atoms with E-state index < -0.39 is 0 Å². The molecule has 0 aromatic rings. The lowest BCUT2D eigenvalue weighted by Crippen LogP contribution is -2.43. The third-order valence-corrected chi connectivity index (χ3v) is 7.72. The maximum atomic E-state index is 13.1. The molecule has 0 radical (unpaired) electrons. The highest BCUT2D eigenvalue weighted by Crippen LogP contribution is 2.36. The fourth-order valence-electron chi connectivity index (χ4n) is 5.96. The lowest BCUT2D eigenvalue weighted by Gasteiger charge is -2.37. The summed E-state index contributed by atoms with van der Waals surface area (Å²) < 4.78 is 0. The summed E-state index contributed by atoms with van der Waals surface area (Å²) in [6, 6.07) is 0.737. The van der Waals surface area contributed by atoms with E-state index in [0.29, 0.717) is 5.92 Å². The molecule has 3 N–H and O–H groups in total. The molecular weight excluding hydrogens is 348 g/mol. The molecule has 3 atom stereocenters. The van der Waals surface area contributed by atoms with Crippen LogP contribution in [0.4, 0.5) is 0 Å². The van der Waals surface area contributed by atoms with Crippen molar-refractivity contribution in [1.29, 1.82) is 5.41 Å². The smallest absolute Gasteiger partial charge is 0.232 e. The molecule has 1 aliphatic heterocycles. The monoisotopic (exact) mass is 390 g/mol. The molecule has 5 heteroatoms. The van der Waals surface area contributed by atoms with Gasteiger partial charge < -0.3 is 10.6 Å². The average molecular weight is 391 g/mol. The first kappa shape index (κ1) is 21.6. The molecule has 3 aliphatic rings. The van der Waals surface area contributed by atoms with Gasteiger partial charge in [0.15, 0.2) is 5.96 Å². The van der Waals surface area contributed by atoms with Gasteiger partial charge in [-0.3, -0.25) is 15.1 Å². The second-order valence-corrected chi connectivity index (χ2v) is 9.73. The van der Waals surface area contributed by atoms with Crippen LogP contribution in [0.1, 0.15) is 89.9 Å². The van der Waals surface area contributed by atoms with Crippen LogP contribution in [0, 0.1) is 23.2 Å². The first-order chi connectivity index (χ1) is 13.5. The minimum Gasteiger partial charge on any atom is -0.370 e. The van der Waals surface area contributed by atoms with Gasteiger partial charge in [0.25, 0.3) is 0 Å². The van der Waals surface area contributed by atoms with Gasteiger partial charge in [0.1, 0.15) is 0 Å². The van der Waals surface area contributed by atoms with Crippen molar-refractivity contribution < 1.29 is 4.79 Å². The van der Waals surface area contributed by atoms with E-state index in [4.69, 9.17) is 11.1 Å². The molecule has 28 heavy (non-hydrogen) atoms. The molecule has 5 nitrogen and oxygen atoms in total. The van der Waals surface area contributed by atoms with E-state index in [9.17, 15) is 4.79 Å². The first-order valence-corrected chi connectivity index (χ1v) is 11.9. The Morgan fingerprint density at radius 2 is 1.71 bits per heavy atom. The highest BCUT2D eigenvalue weighted by molar-refractivity contribution is 5.95. The number of guanidine groups is 1. The van der Waals surface area contributed by atoms with Crippen LogP contribution in [-0.4, -0.2) is 47.8 Å². The summed E-state index contributed by atoms with van der Waals surface area (Å²) in [5.41, 5.74) is 5.63. The minimum absolute atomic E-state index is 0.0400. The van der Waals surface area contributed by atoms with Crippen LogP contribution < -0.4 is 5.73 Å². The van der Waals surface area contributed by atoms with Crippen molar-refractivity contribution in [3.05, 3.63) is 0 Å². The molecule has 0 unspecified atom stereocenters. The number of carbonyl (C=O) groups is 1. The Kier molecular flexibility index (Phi) is 8.19. The summed E-state index contributed by atoms with van der Waals surface area (Å²) in [4.78, 5) is 17.1. The zero-order chi connectivity index (χ0) is 19.9. The van der Waals surface area contributed by atoms with Crippen molar-refractivity contribution in [3.8, 4) is 0 Å². The Bertz CT molecular complexity index is 511. The maximum absolute atomic E-state index is 13.1. The van der Waals surface area contributed by atoms with Crippen molar-refractivity contribution in [2.24, 2.45) is 23.5 Å². The molecular formula is C23H42N4O. The van der Waals surface area contributed by atoms with Gasteiger partial charge in [-0.2, -0.15) is 0 Å². The van der Waals surface area contributed by atoms with Crippen LogP contribution in [-0.2, 0) is 4.79 Å². The SMILES string of the molecule is CN(C(=N)N)C(=O)[C@@H](CCC1CCCCC1)C[C@@H]1CCC[C@@H](N2CCCC2)C1. The first-order valence-electron chi connectivity index (χ1n) is 11.9. The summed E-state index contributed by atoms with van der Waals surface area (Å²) in [6.07, 6.45) is 17.8. The van der Waals surface area contributed by atoms with Gasteiger partial charge in [0.2, 0.25) is 5.91 Å². The zero-order valence-electron chi connectivity index (χ0n) is 18.0. The van der Waals surface area contributed by atoms with Crippen LogP contribution in [0.15, 0.2) is 0 Å². The van der Waals surface area contributed by atoms with E-state index >= 15 is 0 Å². The molecule has 3 rings (SSSR count).